The van der Waals surface area contributed by atoms with E-state index in [1.165, 1.54) is 5.56 Å². The molecule has 2 atom stereocenters. The van der Waals surface area contributed by atoms with E-state index in [0.29, 0.717) is 0 Å². The summed E-state index contributed by atoms with van der Waals surface area (Å²) in [7, 11) is 3.35. The Bertz CT molecular complexity index is 1040. The van der Waals surface area contributed by atoms with Crippen molar-refractivity contribution in [2.45, 2.75) is 18.7 Å². The number of ether oxygens (including phenoxy) is 3. The first-order chi connectivity index (χ1) is 14.3. The number of rotatable bonds is 4. The average molecular weight is 386 g/mol. The zero-order valence-electron chi connectivity index (χ0n) is 16.4. The molecule has 0 spiro atoms. The number of fused-ring (bicyclic) bond motifs is 3. The SMILES string of the molecule is COc1ccc(C2=NN3[C@H](C2)c2ccccc2O[C@H]3c2ccc(OC)cc2)cc1. The summed E-state index contributed by atoms with van der Waals surface area (Å²) in [5.74, 6) is 2.58. The van der Waals surface area contributed by atoms with Crippen molar-refractivity contribution in [2.24, 2.45) is 5.10 Å². The van der Waals surface area contributed by atoms with Gasteiger partial charge in [-0.2, -0.15) is 5.10 Å². The predicted molar refractivity (Wildman–Crippen MR) is 112 cm³/mol. The molecule has 0 N–H and O–H groups in total. The Kier molecular flexibility index (Phi) is 4.35. The molecule has 2 heterocycles. The minimum atomic E-state index is -0.281. The van der Waals surface area contributed by atoms with Gasteiger partial charge < -0.3 is 14.2 Å². The summed E-state index contributed by atoms with van der Waals surface area (Å²) < 4.78 is 17.0. The second-order valence-corrected chi connectivity index (χ2v) is 7.16. The fraction of sp³-hybridized carbons (Fsp3) is 0.208. The number of nitrogens with zero attached hydrogens (tertiary/aromatic N) is 2. The molecule has 3 aromatic rings. The fourth-order valence-corrected chi connectivity index (χ4v) is 3.98. The number of hydrogen-bond acceptors (Lipinski definition) is 5. The third-order valence-corrected chi connectivity index (χ3v) is 5.52. The first kappa shape index (κ1) is 17.6. The van der Waals surface area contributed by atoms with Crippen molar-refractivity contribution >= 4 is 5.71 Å². The zero-order valence-corrected chi connectivity index (χ0v) is 16.4. The van der Waals surface area contributed by atoms with E-state index in [-0.39, 0.29) is 12.3 Å². The lowest BCUT2D eigenvalue weighted by atomic mass is 9.96. The normalized spacial score (nSPS) is 19.7. The summed E-state index contributed by atoms with van der Waals surface area (Å²) in [6.07, 6.45) is 0.552. The lowest BCUT2D eigenvalue weighted by Gasteiger charge is -2.38. The van der Waals surface area contributed by atoms with Gasteiger partial charge in [-0.15, -0.1) is 0 Å². The predicted octanol–water partition coefficient (Wildman–Crippen LogP) is 4.95. The van der Waals surface area contributed by atoms with Gasteiger partial charge in [-0.3, -0.25) is 0 Å². The third-order valence-electron chi connectivity index (χ3n) is 5.52. The molecule has 0 saturated heterocycles. The molecule has 0 aliphatic carbocycles. The number of benzene rings is 3. The molecule has 5 nitrogen and oxygen atoms in total. The van der Waals surface area contributed by atoms with Crippen molar-refractivity contribution in [3.8, 4) is 17.2 Å². The lowest BCUT2D eigenvalue weighted by Crippen LogP contribution is -2.33. The largest absolute Gasteiger partial charge is 0.497 e. The van der Waals surface area contributed by atoms with Gasteiger partial charge in [0.1, 0.15) is 17.2 Å². The molecule has 5 rings (SSSR count). The summed E-state index contributed by atoms with van der Waals surface area (Å²) in [6.45, 7) is 0. The molecule has 0 radical (unpaired) electrons. The molecule has 2 aliphatic rings. The highest BCUT2D eigenvalue weighted by molar-refractivity contribution is 6.02. The van der Waals surface area contributed by atoms with Crippen LogP contribution in [0.5, 0.6) is 17.2 Å². The highest BCUT2D eigenvalue weighted by Crippen LogP contribution is 2.47. The van der Waals surface area contributed by atoms with Crippen LogP contribution in [0.15, 0.2) is 77.9 Å². The van der Waals surface area contributed by atoms with Crippen LogP contribution in [0, 0.1) is 0 Å². The van der Waals surface area contributed by atoms with Crippen molar-refractivity contribution in [1.29, 1.82) is 0 Å². The minimum Gasteiger partial charge on any atom is -0.497 e. The van der Waals surface area contributed by atoms with Crippen LogP contribution in [0.3, 0.4) is 0 Å². The van der Waals surface area contributed by atoms with Crippen molar-refractivity contribution < 1.29 is 14.2 Å². The maximum Gasteiger partial charge on any atom is 0.213 e. The molecule has 0 fully saturated rings. The first-order valence-electron chi connectivity index (χ1n) is 9.66. The molecule has 0 bridgehead atoms. The number of methoxy groups -OCH3 is 2. The van der Waals surface area contributed by atoms with E-state index in [0.717, 1.165) is 40.5 Å². The average Bonchev–Trinajstić information content (AvgIpc) is 3.24. The standard InChI is InChI=1S/C24H22N2O3/c1-27-18-11-7-16(8-12-18)21-15-22-20-5-3-4-6-23(20)29-24(26(22)25-21)17-9-13-19(28-2)14-10-17/h3-14,22,24H,15H2,1-2H3/t22-,24+/m1/s1. The van der Waals surface area contributed by atoms with E-state index >= 15 is 0 Å². The van der Waals surface area contributed by atoms with Crippen LogP contribution in [0.4, 0.5) is 0 Å². The Morgan fingerprint density at radius 1 is 0.862 bits per heavy atom. The summed E-state index contributed by atoms with van der Waals surface area (Å²) in [5.41, 5.74) is 4.37. The maximum absolute atomic E-state index is 6.38. The number of hydrogen-bond donors (Lipinski definition) is 0. The topological polar surface area (TPSA) is 43.3 Å². The molecule has 0 aromatic heterocycles. The van der Waals surface area contributed by atoms with Gasteiger partial charge in [0.2, 0.25) is 6.23 Å². The number of para-hydroxylation sites is 1. The van der Waals surface area contributed by atoms with Gasteiger partial charge in [0, 0.05) is 17.5 Å². The molecule has 146 valence electrons. The van der Waals surface area contributed by atoms with E-state index in [1.54, 1.807) is 14.2 Å². The van der Waals surface area contributed by atoms with Crippen LogP contribution < -0.4 is 14.2 Å². The van der Waals surface area contributed by atoms with E-state index in [4.69, 9.17) is 19.3 Å². The van der Waals surface area contributed by atoms with Gasteiger partial charge in [0.05, 0.1) is 26.0 Å². The van der Waals surface area contributed by atoms with Gasteiger partial charge in [0.15, 0.2) is 0 Å². The highest BCUT2D eigenvalue weighted by Gasteiger charge is 2.40. The Hall–Kier alpha value is -3.47. The first-order valence-corrected chi connectivity index (χ1v) is 9.66. The van der Waals surface area contributed by atoms with E-state index in [2.05, 4.69) is 29.3 Å². The molecule has 0 amide bonds. The van der Waals surface area contributed by atoms with Crippen molar-refractivity contribution in [1.82, 2.24) is 5.01 Å². The number of hydrazone groups is 1. The van der Waals surface area contributed by atoms with Crippen LogP contribution in [-0.4, -0.2) is 24.9 Å². The molecule has 0 saturated carbocycles. The second-order valence-electron chi connectivity index (χ2n) is 7.16. The van der Waals surface area contributed by atoms with Crippen LogP contribution in [-0.2, 0) is 0 Å². The molecule has 2 aliphatic heterocycles. The van der Waals surface area contributed by atoms with E-state index in [9.17, 15) is 0 Å². The zero-order chi connectivity index (χ0) is 19.8. The van der Waals surface area contributed by atoms with Gasteiger partial charge in [-0.05, 0) is 60.2 Å². The van der Waals surface area contributed by atoms with Crippen molar-refractivity contribution in [3.63, 3.8) is 0 Å². The smallest absolute Gasteiger partial charge is 0.213 e. The van der Waals surface area contributed by atoms with Gasteiger partial charge in [-0.1, -0.05) is 18.2 Å². The van der Waals surface area contributed by atoms with Crippen LogP contribution in [0.1, 0.15) is 35.4 Å². The fourth-order valence-electron chi connectivity index (χ4n) is 3.98. The van der Waals surface area contributed by atoms with Crippen LogP contribution in [0.25, 0.3) is 0 Å². The molecular weight excluding hydrogens is 364 g/mol. The molecule has 3 aromatic carbocycles. The molecule has 5 heteroatoms. The monoisotopic (exact) mass is 386 g/mol. The summed E-state index contributed by atoms with van der Waals surface area (Å²) in [4.78, 5) is 0. The quantitative estimate of drug-likeness (QED) is 0.637. The minimum absolute atomic E-state index is 0.143. The Morgan fingerprint density at radius 3 is 2.21 bits per heavy atom. The van der Waals surface area contributed by atoms with E-state index < -0.39 is 0 Å². The Labute approximate surface area is 170 Å². The van der Waals surface area contributed by atoms with Crippen molar-refractivity contribution in [2.75, 3.05) is 14.2 Å². The maximum atomic E-state index is 6.38. The second kappa shape index (κ2) is 7.17. The molecule has 29 heavy (non-hydrogen) atoms. The summed E-state index contributed by atoms with van der Waals surface area (Å²) in [5, 5.41) is 7.08. The molecular formula is C24H22N2O3. The van der Waals surface area contributed by atoms with Crippen LogP contribution >= 0.6 is 0 Å². The van der Waals surface area contributed by atoms with Gasteiger partial charge in [0.25, 0.3) is 0 Å². The summed E-state index contributed by atoms with van der Waals surface area (Å²) in [6, 6.07) is 24.4. The summed E-state index contributed by atoms with van der Waals surface area (Å²) >= 11 is 0. The Morgan fingerprint density at radius 2 is 1.52 bits per heavy atom. The van der Waals surface area contributed by atoms with Gasteiger partial charge in [-0.25, -0.2) is 5.01 Å². The van der Waals surface area contributed by atoms with Gasteiger partial charge >= 0.3 is 0 Å². The Balaban J connectivity index is 1.54. The highest BCUT2D eigenvalue weighted by atomic mass is 16.5. The molecule has 0 unspecified atom stereocenters. The van der Waals surface area contributed by atoms with Crippen LogP contribution in [0.2, 0.25) is 0 Å². The lowest BCUT2D eigenvalue weighted by molar-refractivity contribution is -0.0190. The van der Waals surface area contributed by atoms with Crippen molar-refractivity contribution in [3.05, 3.63) is 89.5 Å². The third kappa shape index (κ3) is 3.09. The van der Waals surface area contributed by atoms with E-state index in [1.807, 2.05) is 48.5 Å².